The molecule has 1 aliphatic carbocycles. The Morgan fingerprint density at radius 3 is 3.07 bits per heavy atom. The molecule has 0 radical (unpaired) electrons. The number of aromatic nitrogens is 5. The summed E-state index contributed by atoms with van der Waals surface area (Å²) in [6.45, 7) is 0. The molecule has 1 fully saturated rings. The van der Waals surface area contributed by atoms with Gasteiger partial charge in [-0.25, -0.2) is 28.7 Å². The highest BCUT2D eigenvalue weighted by atomic mass is 19.1. The number of rotatable bonds is 4. The highest BCUT2D eigenvalue weighted by Gasteiger charge is 2.28. The number of ether oxygens (including phenoxy) is 1. The Labute approximate surface area is 159 Å². The first-order valence-electron chi connectivity index (χ1n) is 8.99. The van der Waals surface area contributed by atoms with E-state index in [0.29, 0.717) is 17.6 Å². The van der Waals surface area contributed by atoms with Crippen LogP contribution >= 0.6 is 0 Å². The quantitative estimate of drug-likeness (QED) is 0.657. The summed E-state index contributed by atoms with van der Waals surface area (Å²) in [4.78, 5) is 31.9. The van der Waals surface area contributed by atoms with Crippen LogP contribution in [0.15, 0.2) is 29.3 Å². The van der Waals surface area contributed by atoms with Crippen LogP contribution in [0.25, 0.3) is 17.0 Å². The van der Waals surface area contributed by atoms with Gasteiger partial charge in [-0.15, -0.1) is 0 Å². The van der Waals surface area contributed by atoms with Crippen LogP contribution in [-0.2, 0) is 9.53 Å². The maximum Gasteiger partial charge on any atom is 0.347 e. The molecule has 9 nitrogen and oxygen atoms in total. The molecule has 146 valence electrons. The molecule has 0 unspecified atom stereocenters. The number of pyridine rings is 1. The predicted octanol–water partition coefficient (Wildman–Crippen LogP) is 1.76. The zero-order valence-corrected chi connectivity index (χ0v) is 15.2. The van der Waals surface area contributed by atoms with Gasteiger partial charge < -0.3 is 10.1 Å². The molecule has 0 saturated heterocycles. The Morgan fingerprint density at radius 1 is 1.39 bits per heavy atom. The summed E-state index contributed by atoms with van der Waals surface area (Å²) in [6.07, 6.45) is 5.61. The number of anilines is 1. The average molecular weight is 386 g/mol. The summed E-state index contributed by atoms with van der Waals surface area (Å²) in [6, 6.07) is 3.27. The SMILES string of the molecule is COC(=O)[C@@H]1CCC[C@H](Nc2nc(-c3ccc4n[nH]c(=O)n4c3)ncc2F)C1. The predicted molar refractivity (Wildman–Crippen MR) is 98.2 cm³/mol. The number of methoxy groups -OCH3 is 1. The van der Waals surface area contributed by atoms with E-state index in [-0.39, 0.29) is 35.3 Å². The Kier molecular flexibility index (Phi) is 4.76. The van der Waals surface area contributed by atoms with E-state index in [9.17, 15) is 14.0 Å². The van der Waals surface area contributed by atoms with Gasteiger partial charge in [0.25, 0.3) is 0 Å². The number of esters is 1. The van der Waals surface area contributed by atoms with Crippen molar-refractivity contribution in [2.24, 2.45) is 5.92 Å². The van der Waals surface area contributed by atoms with Crippen LogP contribution in [0.3, 0.4) is 0 Å². The first-order valence-corrected chi connectivity index (χ1v) is 8.99. The number of carbonyl (C=O) groups is 1. The van der Waals surface area contributed by atoms with Gasteiger partial charge in [-0.2, -0.15) is 5.10 Å². The van der Waals surface area contributed by atoms with Crippen molar-refractivity contribution in [3.63, 3.8) is 0 Å². The third kappa shape index (κ3) is 3.45. The molecular formula is C18H19FN6O3. The van der Waals surface area contributed by atoms with Gasteiger partial charge in [0.15, 0.2) is 23.1 Å². The number of nitrogens with one attached hydrogen (secondary N) is 2. The molecule has 4 rings (SSSR count). The normalized spacial score (nSPS) is 19.5. The largest absolute Gasteiger partial charge is 0.469 e. The van der Waals surface area contributed by atoms with Gasteiger partial charge in [0.05, 0.1) is 19.2 Å². The smallest absolute Gasteiger partial charge is 0.347 e. The van der Waals surface area contributed by atoms with Crippen LogP contribution in [0, 0.1) is 11.7 Å². The van der Waals surface area contributed by atoms with Crippen LogP contribution in [0.2, 0.25) is 0 Å². The molecule has 3 aromatic heterocycles. The van der Waals surface area contributed by atoms with E-state index >= 15 is 0 Å². The fourth-order valence-electron chi connectivity index (χ4n) is 3.54. The second-order valence-electron chi connectivity index (χ2n) is 6.79. The van der Waals surface area contributed by atoms with Crippen molar-refractivity contribution < 1.29 is 13.9 Å². The minimum atomic E-state index is -0.578. The molecular weight excluding hydrogens is 367 g/mol. The lowest BCUT2D eigenvalue weighted by Gasteiger charge is -2.28. The van der Waals surface area contributed by atoms with Crippen LogP contribution in [0.1, 0.15) is 25.7 Å². The van der Waals surface area contributed by atoms with Gasteiger partial charge in [0.1, 0.15) is 0 Å². The molecule has 0 bridgehead atoms. The number of aromatic amines is 1. The van der Waals surface area contributed by atoms with Crippen molar-refractivity contribution in [1.82, 2.24) is 24.6 Å². The van der Waals surface area contributed by atoms with Gasteiger partial charge in [-0.3, -0.25) is 4.79 Å². The third-order valence-corrected chi connectivity index (χ3v) is 4.96. The standard InChI is InChI=1S/C18H19FN6O3/c1-28-17(26)10-3-2-4-12(7-10)21-16-13(19)8-20-15(22-16)11-5-6-14-23-24-18(27)25(14)9-11/h5-6,8-10,12H,2-4,7H2,1H3,(H,24,27)(H,20,21,22)/t10-,12+/m1/s1. The Hall–Kier alpha value is -3.30. The number of H-pyrrole nitrogens is 1. The molecule has 28 heavy (non-hydrogen) atoms. The minimum Gasteiger partial charge on any atom is -0.469 e. The van der Waals surface area contributed by atoms with E-state index in [1.807, 2.05) is 0 Å². The molecule has 0 aliphatic heterocycles. The molecule has 3 heterocycles. The number of halogens is 1. The van der Waals surface area contributed by atoms with Crippen molar-refractivity contribution in [3.05, 3.63) is 40.8 Å². The highest BCUT2D eigenvalue weighted by molar-refractivity contribution is 5.72. The van der Waals surface area contributed by atoms with E-state index < -0.39 is 5.82 Å². The fourth-order valence-corrected chi connectivity index (χ4v) is 3.54. The summed E-state index contributed by atoms with van der Waals surface area (Å²) < 4.78 is 20.4. The lowest BCUT2D eigenvalue weighted by molar-refractivity contribution is -0.146. The topological polar surface area (TPSA) is 114 Å². The third-order valence-electron chi connectivity index (χ3n) is 4.96. The maximum absolute atomic E-state index is 14.3. The summed E-state index contributed by atoms with van der Waals surface area (Å²) in [5.74, 6) is -0.671. The van der Waals surface area contributed by atoms with Crippen LogP contribution in [0.4, 0.5) is 10.2 Å². The summed E-state index contributed by atoms with van der Waals surface area (Å²) in [5, 5.41) is 9.31. The molecule has 10 heteroatoms. The number of fused-ring (bicyclic) bond motifs is 1. The maximum atomic E-state index is 14.3. The molecule has 3 aromatic rings. The minimum absolute atomic E-state index is 0.0696. The Balaban J connectivity index is 1.59. The molecule has 1 saturated carbocycles. The fraction of sp³-hybridized carbons (Fsp3) is 0.389. The number of hydrogen-bond donors (Lipinski definition) is 2. The lowest BCUT2D eigenvalue weighted by atomic mass is 9.86. The summed E-state index contributed by atoms with van der Waals surface area (Å²) in [5.41, 5.74) is 0.633. The van der Waals surface area contributed by atoms with Crippen molar-refractivity contribution >= 4 is 17.4 Å². The average Bonchev–Trinajstić information content (AvgIpc) is 3.09. The van der Waals surface area contributed by atoms with E-state index in [4.69, 9.17) is 4.74 Å². The van der Waals surface area contributed by atoms with Crippen LogP contribution in [-0.4, -0.2) is 43.7 Å². The van der Waals surface area contributed by atoms with Crippen molar-refractivity contribution in [2.45, 2.75) is 31.7 Å². The van der Waals surface area contributed by atoms with Crippen molar-refractivity contribution in [3.8, 4) is 11.4 Å². The van der Waals surface area contributed by atoms with E-state index in [2.05, 4.69) is 25.5 Å². The van der Waals surface area contributed by atoms with Crippen molar-refractivity contribution in [1.29, 1.82) is 0 Å². The lowest BCUT2D eigenvalue weighted by Crippen LogP contribution is -2.32. The molecule has 2 atom stereocenters. The van der Waals surface area contributed by atoms with Crippen LogP contribution in [0.5, 0.6) is 0 Å². The molecule has 1 aliphatic rings. The zero-order valence-electron chi connectivity index (χ0n) is 15.2. The summed E-state index contributed by atoms with van der Waals surface area (Å²) in [7, 11) is 1.37. The van der Waals surface area contributed by atoms with Crippen LogP contribution < -0.4 is 11.0 Å². The van der Waals surface area contributed by atoms with Gasteiger partial charge in [0.2, 0.25) is 0 Å². The second-order valence-corrected chi connectivity index (χ2v) is 6.79. The van der Waals surface area contributed by atoms with E-state index in [0.717, 1.165) is 25.5 Å². The number of hydrogen-bond acceptors (Lipinski definition) is 7. The monoisotopic (exact) mass is 386 g/mol. The van der Waals surface area contributed by atoms with E-state index in [1.54, 1.807) is 18.3 Å². The Morgan fingerprint density at radius 2 is 2.25 bits per heavy atom. The second kappa shape index (κ2) is 7.37. The highest BCUT2D eigenvalue weighted by Crippen LogP contribution is 2.28. The number of nitrogens with zero attached hydrogens (tertiary/aromatic N) is 4. The van der Waals surface area contributed by atoms with Gasteiger partial charge in [-0.05, 0) is 31.4 Å². The van der Waals surface area contributed by atoms with Crippen molar-refractivity contribution in [2.75, 3.05) is 12.4 Å². The number of carbonyl (C=O) groups excluding carboxylic acids is 1. The van der Waals surface area contributed by atoms with Gasteiger partial charge in [-0.1, -0.05) is 6.42 Å². The van der Waals surface area contributed by atoms with E-state index in [1.165, 1.54) is 11.5 Å². The zero-order chi connectivity index (χ0) is 19.7. The molecule has 0 amide bonds. The summed E-state index contributed by atoms with van der Waals surface area (Å²) >= 11 is 0. The first-order chi connectivity index (χ1) is 13.5. The molecule has 0 aromatic carbocycles. The first kappa shape index (κ1) is 18.1. The Bertz CT molecular complexity index is 1080. The van der Waals surface area contributed by atoms with Gasteiger partial charge >= 0.3 is 11.7 Å². The van der Waals surface area contributed by atoms with Gasteiger partial charge in [0, 0.05) is 17.8 Å². The molecule has 0 spiro atoms. The molecule has 2 N–H and O–H groups in total.